The van der Waals surface area contributed by atoms with E-state index in [9.17, 15) is 0 Å². The fourth-order valence-corrected chi connectivity index (χ4v) is 2.40. The summed E-state index contributed by atoms with van der Waals surface area (Å²) in [5, 5.41) is 0. The van der Waals surface area contributed by atoms with Gasteiger partial charge in [0.25, 0.3) is 0 Å². The van der Waals surface area contributed by atoms with E-state index in [4.69, 9.17) is 5.73 Å². The van der Waals surface area contributed by atoms with Crippen molar-refractivity contribution in [1.29, 1.82) is 0 Å². The van der Waals surface area contributed by atoms with Crippen molar-refractivity contribution >= 4 is 27.3 Å². The molecule has 2 nitrogen and oxygen atoms in total. The van der Waals surface area contributed by atoms with Crippen molar-refractivity contribution in [2.24, 2.45) is 0 Å². The number of nitrogens with two attached hydrogens (primary N) is 1. The van der Waals surface area contributed by atoms with Crippen LogP contribution in [-0.4, -0.2) is 7.05 Å². The lowest BCUT2D eigenvalue weighted by molar-refractivity contribution is 0.920. The second kappa shape index (κ2) is 5.23. The highest BCUT2D eigenvalue weighted by Crippen LogP contribution is 2.25. The molecule has 0 saturated heterocycles. The van der Waals surface area contributed by atoms with Gasteiger partial charge in [-0.3, -0.25) is 0 Å². The normalized spacial score (nSPS) is 10.2. The molecule has 17 heavy (non-hydrogen) atoms. The van der Waals surface area contributed by atoms with Gasteiger partial charge in [-0.25, -0.2) is 0 Å². The second-order valence-corrected chi connectivity index (χ2v) is 4.91. The number of hydrogen-bond donors (Lipinski definition) is 1. The van der Waals surface area contributed by atoms with E-state index in [0.29, 0.717) is 0 Å². The summed E-state index contributed by atoms with van der Waals surface area (Å²) in [6.07, 6.45) is 0. The van der Waals surface area contributed by atoms with Gasteiger partial charge in [0.1, 0.15) is 0 Å². The van der Waals surface area contributed by atoms with E-state index in [-0.39, 0.29) is 0 Å². The van der Waals surface area contributed by atoms with Gasteiger partial charge in [-0.1, -0.05) is 24.3 Å². The smallest absolute Gasteiger partial charge is 0.0511 e. The molecule has 0 saturated carbocycles. The Labute approximate surface area is 110 Å². The van der Waals surface area contributed by atoms with Crippen LogP contribution < -0.4 is 10.6 Å². The Kier molecular flexibility index (Phi) is 3.69. The van der Waals surface area contributed by atoms with Crippen LogP contribution in [0.1, 0.15) is 5.56 Å². The number of para-hydroxylation sites is 1. The maximum Gasteiger partial charge on any atom is 0.0511 e. The molecular weight excluding hydrogens is 276 g/mol. The lowest BCUT2D eigenvalue weighted by atomic mass is 10.2. The van der Waals surface area contributed by atoms with Crippen LogP contribution in [0.2, 0.25) is 0 Å². The van der Waals surface area contributed by atoms with E-state index in [1.807, 2.05) is 36.4 Å². The van der Waals surface area contributed by atoms with Gasteiger partial charge in [-0.05, 0) is 45.8 Å². The molecule has 88 valence electrons. The fraction of sp³-hybridized carbons (Fsp3) is 0.143. The summed E-state index contributed by atoms with van der Waals surface area (Å²) in [7, 11) is 2.07. The van der Waals surface area contributed by atoms with Crippen molar-refractivity contribution in [1.82, 2.24) is 0 Å². The van der Waals surface area contributed by atoms with Gasteiger partial charge in [-0.15, -0.1) is 0 Å². The molecule has 0 heterocycles. The van der Waals surface area contributed by atoms with Crippen LogP contribution in [0.25, 0.3) is 0 Å². The zero-order valence-electron chi connectivity index (χ0n) is 9.73. The molecule has 3 heteroatoms. The van der Waals surface area contributed by atoms with Gasteiger partial charge in [0, 0.05) is 23.8 Å². The fourth-order valence-electron chi connectivity index (χ4n) is 1.81. The van der Waals surface area contributed by atoms with E-state index in [0.717, 1.165) is 16.7 Å². The summed E-state index contributed by atoms with van der Waals surface area (Å²) in [4.78, 5) is 2.19. The number of anilines is 2. The first-order valence-electron chi connectivity index (χ1n) is 5.47. The monoisotopic (exact) mass is 290 g/mol. The van der Waals surface area contributed by atoms with Gasteiger partial charge in [0.15, 0.2) is 0 Å². The molecule has 0 atom stereocenters. The molecule has 2 aromatic carbocycles. The lowest BCUT2D eigenvalue weighted by Gasteiger charge is -2.20. The number of nitrogens with zero attached hydrogens (tertiary/aromatic N) is 1. The number of rotatable bonds is 3. The van der Waals surface area contributed by atoms with Crippen molar-refractivity contribution in [3.05, 3.63) is 58.6 Å². The minimum absolute atomic E-state index is 0.808. The highest BCUT2D eigenvalue weighted by molar-refractivity contribution is 9.10. The summed E-state index contributed by atoms with van der Waals surface area (Å²) in [6.45, 7) is 0.841. The maximum atomic E-state index is 5.78. The Hall–Kier alpha value is -1.48. The second-order valence-electron chi connectivity index (χ2n) is 4.05. The largest absolute Gasteiger partial charge is 0.399 e. The zero-order chi connectivity index (χ0) is 12.3. The SMILES string of the molecule is CN(Cc1cccc(N)c1)c1ccccc1Br. The van der Waals surface area contributed by atoms with Crippen molar-refractivity contribution in [3.63, 3.8) is 0 Å². The summed E-state index contributed by atoms with van der Waals surface area (Å²) in [6, 6.07) is 16.2. The van der Waals surface area contributed by atoms with E-state index < -0.39 is 0 Å². The summed E-state index contributed by atoms with van der Waals surface area (Å²) >= 11 is 3.56. The standard InChI is InChI=1S/C14H15BrN2/c1-17(14-8-3-2-7-13(14)15)10-11-5-4-6-12(16)9-11/h2-9H,10,16H2,1H3. The van der Waals surface area contributed by atoms with Crippen LogP contribution in [0.5, 0.6) is 0 Å². The number of nitrogen functional groups attached to an aromatic ring is 1. The Morgan fingerprint density at radius 1 is 1.12 bits per heavy atom. The van der Waals surface area contributed by atoms with E-state index in [1.54, 1.807) is 0 Å². The Morgan fingerprint density at radius 2 is 1.88 bits per heavy atom. The van der Waals surface area contributed by atoms with Crippen LogP contribution in [0.4, 0.5) is 11.4 Å². The van der Waals surface area contributed by atoms with Crippen molar-refractivity contribution in [2.75, 3.05) is 17.7 Å². The molecule has 0 aromatic heterocycles. The van der Waals surface area contributed by atoms with E-state index in [1.165, 1.54) is 11.3 Å². The van der Waals surface area contributed by atoms with Gasteiger partial charge in [0.05, 0.1) is 5.69 Å². The molecule has 0 spiro atoms. The molecule has 0 amide bonds. The molecule has 0 fully saturated rings. The summed E-state index contributed by atoms with van der Waals surface area (Å²) in [5.41, 5.74) is 8.97. The van der Waals surface area contributed by atoms with Crippen molar-refractivity contribution < 1.29 is 0 Å². The predicted octanol–water partition coefficient (Wildman–Crippen LogP) is 3.67. The van der Waals surface area contributed by atoms with Crippen molar-refractivity contribution in [3.8, 4) is 0 Å². The van der Waals surface area contributed by atoms with Crippen LogP contribution in [-0.2, 0) is 6.54 Å². The Bertz CT molecular complexity index is 511. The molecular formula is C14H15BrN2. The topological polar surface area (TPSA) is 29.3 Å². The van der Waals surface area contributed by atoms with E-state index >= 15 is 0 Å². The first-order valence-corrected chi connectivity index (χ1v) is 6.26. The Morgan fingerprint density at radius 3 is 2.59 bits per heavy atom. The van der Waals surface area contributed by atoms with Gasteiger partial charge < -0.3 is 10.6 Å². The molecule has 2 aromatic rings. The zero-order valence-corrected chi connectivity index (χ0v) is 11.3. The molecule has 0 bridgehead atoms. The molecule has 2 rings (SSSR count). The number of halogens is 1. The average molecular weight is 291 g/mol. The number of benzene rings is 2. The summed E-state index contributed by atoms with van der Waals surface area (Å²) in [5.74, 6) is 0. The lowest BCUT2D eigenvalue weighted by Crippen LogP contribution is -2.16. The number of hydrogen-bond acceptors (Lipinski definition) is 2. The van der Waals surface area contributed by atoms with Crippen molar-refractivity contribution in [2.45, 2.75) is 6.54 Å². The maximum absolute atomic E-state index is 5.78. The van der Waals surface area contributed by atoms with Crippen LogP contribution in [0.3, 0.4) is 0 Å². The van der Waals surface area contributed by atoms with Gasteiger partial charge in [-0.2, -0.15) is 0 Å². The highest BCUT2D eigenvalue weighted by Gasteiger charge is 2.05. The third-order valence-electron chi connectivity index (χ3n) is 2.63. The minimum atomic E-state index is 0.808. The van der Waals surface area contributed by atoms with Crippen LogP contribution >= 0.6 is 15.9 Å². The predicted molar refractivity (Wildman–Crippen MR) is 77.1 cm³/mol. The molecule has 0 radical (unpaired) electrons. The molecule has 0 aliphatic heterocycles. The Balaban J connectivity index is 2.17. The molecule has 2 N–H and O–H groups in total. The molecule has 0 aliphatic rings. The first kappa shape index (κ1) is 12.0. The van der Waals surface area contributed by atoms with Gasteiger partial charge in [0.2, 0.25) is 0 Å². The van der Waals surface area contributed by atoms with Crippen LogP contribution in [0.15, 0.2) is 53.0 Å². The minimum Gasteiger partial charge on any atom is -0.399 e. The summed E-state index contributed by atoms with van der Waals surface area (Å²) < 4.78 is 1.10. The average Bonchev–Trinajstić information content (AvgIpc) is 2.29. The van der Waals surface area contributed by atoms with Crippen LogP contribution in [0, 0.1) is 0 Å². The molecule has 0 aliphatic carbocycles. The first-order chi connectivity index (χ1) is 8.16. The molecule has 0 unspecified atom stereocenters. The third kappa shape index (κ3) is 3.01. The third-order valence-corrected chi connectivity index (χ3v) is 3.31. The quantitative estimate of drug-likeness (QED) is 0.874. The van der Waals surface area contributed by atoms with Gasteiger partial charge >= 0.3 is 0 Å². The van der Waals surface area contributed by atoms with E-state index in [2.05, 4.69) is 40.0 Å². The highest BCUT2D eigenvalue weighted by atomic mass is 79.9.